The number of hydrogen-bond donors (Lipinski definition) is 0. The minimum atomic E-state index is -0.101. The standard InChI is InChI=1S/C20H19N3O3/c1-13-6-8-16(9-7-13)23-12-15(11-18(23)24)20-21-19(22-26-20)14-4-3-5-17(10-14)25-2/h3-10,15H,11-12H2,1-2H3. The van der Waals surface area contributed by atoms with Crippen LogP contribution in [-0.2, 0) is 4.79 Å². The first-order valence-electron chi connectivity index (χ1n) is 8.49. The molecule has 1 unspecified atom stereocenters. The summed E-state index contributed by atoms with van der Waals surface area (Å²) in [6, 6.07) is 15.4. The van der Waals surface area contributed by atoms with Crippen molar-refractivity contribution in [3.63, 3.8) is 0 Å². The number of nitrogens with zero attached hydrogens (tertiary/aromatic N) is 3. The molecule has 6 nitrogen and oxygen atoms in total. The zero-order valence-electron chi connectivity index (χ0n) is 14.7. The summed E-state index contributed by atoms with van der Waals surface area (Å²) in [5.74, 6) is 1.69. The lowest BCUT2D eigenvalue weighted by Gasteiger charge is -2.16. The van der Waals surface area contributed by atoms with Crippen LogP contribution in [-0.4, -0.2) is 29.7 Å². The van der Waals surface area contributed by atoms with Gasteiger partial charge < -0.3 is 14.2 Å². The minimum absolute atomic E-state index is 0.0694. The molecule has 0 spiro atoms. The molecule has 2 aromatic carbocycles. The molecular weight excluding hydrogens is 330 g/mol. The van der Waals surface area contributed by atoms with E-state index in [0.29, 0.717) is 24.7 Å². The lowest BCUT2D eigenvalue weighted by molar-refractivity contribution is -0.117. The first-order valence-corrected chi connectivity index (χ1v) is 8.49. The van der Waals surface area contributed by atoms with Crippen molar-refractivity contribution in [2.24, 2.45) is 0 Å². The van der Waals surface area contributed by atoms with Crippen LogP contribution >= 0.6 is 0 Å². The van der Waals surface area contributed by atoms with Crippen LogP contribution in [0.4, 0.5) is 5.69 Å². The van der Waals surface area contributed by atoms with E-state index in [2.05, 4.69) is 10.1 Å². The van der Waals surface area contributed by atoms with Gasteiger partial charge in [-0.25, -0.2) is 0 Å². The molecule has 1 aliphatic heterocycles. The molecule has 1 fully saturated rings. The molecule has 2 heterocycles. The smallest absolute Gasteiger partial charge is 0.232 e. The minimum Gasteiger partial charge on any atom is -0.497 e. The van der Waals surface area contributed by atoms with Crippen molar-refractivity contribution in [1.29, 1.82) is 0 Å². The fourth-order valence-corrected chi connectivity index (χ4v) is 3.13. The second-order valence-electron chi connectivity index (χ2n) is 6.43. The number of rotatable bonds is 4. The van der Waals surface area contributed by atoms with Gasteiger partial charge in [0.15, 0.2) is 0 Å². The van der Waals surface area contributed by atoms with Gasteiger partial charge in [0.05, 0.1) is 13.0 Å². The zero-order valence-corrected chi connectivity index (χ0v) is 14.7. The third-order valence-corrected chi connectivity index (χ3v) is 4.59. The number of aryl methyl sites for hydroxylation is 1. The van der Waals surface area contributed by atoms with Gasteiger partial charge in [-0.05, 0) is 31.2 Å². The number of amides is 1. The van der Waals surface area contributed by atoms with E-state index in [9.17, 15) is 4.79 Å². The molecule has 26 heavy (non-hydrogen) atoms. The normalized spacial score (nSPS) is 16.9. The van der Waals surface area contributed by atoms with Gasteiger partial charge in [-0.15, -0.1) is 0 Å². The van der Waals surface area contributed by atoms with E-state index in [4.69, 9.17) is 9.26 Å². The lowest BCUT2D eigenvalue weighted by Crippen LogP contribution is -2.24. The Hall–Kier alpha value is -3.15. The summed E-state index contributed by atoms with van der Waals surface area (Å²) in [7, 11) is 1.62. The highest BCUT2D eigenvalue weighted by Gasteiger charge is 2.35. The van der Waals surface area contributed by atoms with Gasteiger partial charge in [-0.1, -0.05) is 35.0 Å². The van der Waals surface area contributed by atoms with E-state index in [0.717, 1.165) is 22.6 Å². The van der Waals surface area contributed by atoms with Gasteiger partial charge in [-0.3, -0.25) is 4.79 Å². The summed E-state index contributed by atoms with van der Waals surface area (Å²) in [4.78, 5) is 18.7. The molecule has 0 aliphatic carbocycles. The maximum absolute atomic E-state index is 12.4. The highest BCUT2D eigenvalue weighted by Crippen LogP contribution is 2.32. The van der Waals surface area contributed by atoms with Crippen LogP contribution < -0.4 is 9.64 Å². The highest BCUT2D eigenvalue weighted by molar-refractivity contribution is 5.96. The summed E-state index contributed by atoms with van der Waals surface area (Å²) in [6.07, 6.45) is 0.369. The summed E-state index contributed by atoms with van der Waals surface area (Å²) in [6.45, 7) is 2.57. The van der Waals surface area contributed by atoms with E-state index >= 15 is 0 Å². The Morgan fingerprint density at radius 2 is 2.00 bits per heavy atom. The molecule has 132 valence electrons. The fourth-order valence-electron chi connectivity index (χ4n) is 3.13. The Bertz CT molecular complexity index is 933. The van der Waals surface area contributed by atoms with Crippen LogP contribution in [0.1, 0.15) is 23.8 Å². The predicted molar refractivity (Wildman–Crippen MR) is 97.2 cm³/mol. The van der Waals surface area contributed by atoms with Gasteiger partial charge in [-0.2, -0.15) is 4.98 Å². The Balaban J connectivity index is 1.54. The van der Waals surface area contributed by atoms with E-state index in [1.54, 1.807) is 12.0 Å². The molecule has 0 bridgehead atoms. The van der Waals surface area contributed by atoms with Gasteiger partial charge in [0.1, 0.15) is 5.75 Å². The number of hydrogen-bond acceptors (Lipinski definition) is 5. The highest BCUT2D eigenvalue weighted by atomic mass is 16.5. The maximum Gasteiger partial charge on any atom is 0.232 e. The van der Waals surface area contributed by atoms with E-state index in [1.165, 1.54) is 0 Å². The zero-order chi connectivity index (χ0) is 18.1. The molecule has 1 amide bonds. The fraction of sp³-hybridized carbons (Fsp3) is 0.250. The molecule has 4 rings (SSSR count). The molecule has 3 aromatic rings. The van der Waals surface area contributed by atoms with Crippen molar-refractivity contribution in [1.82, 2.24) is 10.1 Å². The monoisotopic (exact) mass is 349 g/mol. The molecule has 1 saturated heterocycles. The number of carbonyl (C=O) groups excluding carboxylic acids is 1. The van der Waals surface area contributed by atoms with Crippen molar-refractivity contribution >= 4 is 11.6 Å². The summed E-state index contributed by atoms with van der Waals surface area (Å²) in [5.41, 5.74) is 2.88. The topological polar surface area (TPSA) is 68.5 Å². The number of methoxy groups -OCH3 is 1. The van der Waals surface area contributed by atoms with Crippen LogP contribution in [0.3, 0.4) is 0 Å². The number of aromatic nitrogens is 2. The third-order valence-electron chi connectivity index (χ3n) is 4.59. The van der Waals surface area contributed by atoms with Crippen LogP contribution in [0, 0.1) is 6.92 Å². The van der Waals surface area contributed by atoms with Crippen molar-refractivity contribution in [2.45, 2.75) is 19.3 Å². The quantitative estimate of drug-likeness (QED) is 0.720. The summed E-state index contributed by atoms with van der Waals surface area (Å²) in [5, 5.41) is 4.07. The Kier molecular flexibility index (Phi) is 4.16. The number of ether oxygens (including phenoxy) is 1. The Morgan fingerprint density at radius 1 is 1.19 bits per heavy atom. The second kappa shape index (κ2) is 6.63. The summed E-state index contributed by atoms with van der Waals surface area (Å²) >= 11 is 0. The molecule has 0 saturated carbocycles. The molecule has 0 N–H and O–H groups in total. The van der Waals surface area contributed by atoms with Crippen molar-refractivity contribution in [2.75, 3.05) is 18.6 Å². The van der Waals surface area contributed by atoms with Crippen LogP contribution in [0.15, 0.2) is 53.1 Å². The number of carbonyl (C=O) groups is 1. The van der Waals surface area contributed by atoms with Crippen molar-refractivity contribution in [3.05, 3.63) is 60.0 Å². The Labute approximate surface area is 151 Å². The van der Waals surface area contributed by atoms with Gasteiger partial charge >= 0.3 is 0 Å². The first-order chi connectivity index (χ1) is 12.6. The third kappa shape index (κ3) is 3.06. The van der Waals surface area contributed by atoms with E-state index < -0.39 is 0 Å². The summed E-state index contributed by atoms with van der Waals surface area (Å²) < 4.78 is 10.7. The average molecular weight is 349 g/mol. The molecule has 1 aliphatic rings. The number of benzene rings is 2. The molecular formula is C20H19N3O3. The van der Waals surface area contributed by atoms with Gasteiger partial charge in [0.2, 0.25) is 17.6 Å². The molecule has 1 aromatic heterocycles. The second-order valence-corrected chi connectivity index (χ2v) is 6.43. The van der Waals surface area contributed by atoms with Crippen molar-refractivity contribution in [3.8, 4) is 17.1 Å². The predicted octanol–water partition coefficient (Wildman–Crippen LogP) is 3.57. The van der Waals surface area contributed by atoms with Crippen LogP contribution in [0.25, 0.3) is 11.4 Å². The number of anilines is 1. The molecule has 6 heteroatoms. The SMILES string of the molecule is COc1cccc(-c2noc(C3CC(=O)N(c4ccc(C)cc4)C3)n2)c1. The van der Waals surface area contributed by atoms with Gasteiger partial charge in [0.25, 0.3) is 0 Å². The average Bonchev–Trinajstić information content (AvgIpc) is 3.29. The van der Waals surface area contributed by atoms with Crippen molar-refractivity contribution < 1.29 is 14.1 Å². The lowest BCUT2D eigenvalue weighted by atomic mass is 10.1. The van der Waals surface area contributed by atoms with E-state index in [1.807, 2.05) is 55.5 Å². The van der Waals surface area contributed by atoms with Gasteiger partial charge in [0, 0.05) is 24.2 Å². The molecule has 1 atom stereocenters. The van der Waals surface area contributed by atoms with Crippen LogP contribution in [0.2, 0.25) is 0 Å². The first kappa shape index (κ1) is 16.3. The molecule has 0 radical (unpaired) electrons. The van der Waals surface area contributed by atoms with Crippen LogP contribution in [0.5, 0.6) is 5.75 Å². The van der Waals surface area contributed by atoms with E-state index in [-0.39, 0.29) is 11.8 Å². The maximum atomic E-state index is 12.4. The largest absolute Gasteiger partial charge is 0.497 e. The Morgan fingerprint density at radius 3 is 2.77 bits per heavy atom.